The summed E-state index contributed by atoms with van der Waals surface area (Å²) in [5.41, 5.74) is 7.27. The van der Waals surface area contributed by atoms with Crippen molar-refractivity contribution in [2.45, 2.75) is 84.0 Å². The van der Waals surface area contributed by atoms with Crippen LogP contribution < -0.4 is 21.7 Å². The van der Waals surface area contributed by atoms with E-state index in [0.29, 0.717) is 30.4 Å². The van der Waals surface area contributed by atoms with Crippen molar-refractivity contribution in [2.24, 2.45) is 11.7 Å². The Labute approximate surface area is 175 Å². The summed E-state index contributed by atoms with van der Waals surface area (Å²) in [6, 6.07) is 2.59. The lowest BCUT2D eigenvalue weighted by Gasteiger charge is -2.32. The second-order valence-corrected chi connectivity index (χ2v) is 8.24. The number of aromatic nitrogens is 1. The van der Waals surface area contributed by atoms with Crippen LogP contribution in [0, 0.1) is 12.8 Å². The van der Waals surface area contributed by atoms with Gasteiger partial charge in [-0.2, -0.15) is 0 Å². The number of anilines is 1. The van der Waals surface area contributed by atoms with Gasteiger partial charge in [-0.1, -0.05) is 33.1 Å². The maximum atomic E-state index is 12.6. The number of rotatable bonds is 11. The third-order valence-electron chi connectivity index (χ3n) is 5.86. The quantitative estimate of drug-likeness (QED) is 0.362. The lowest BCUT2D eigenvalue weighted by Crippen LogP contribution is -2.46. The van der Waals surface area contributed by atoms with E-state index in [1.165, 1.54) is 32.1 Å². The monoisotopic (exact) mass is 405 g/mol. The lowest BCUT2D eigenvalue weighted by molar-refractivity contribution is 0.0937. The molecule has 6 N–H and O–H groups in total. The van der Waals surface area contributed by atoms with Crippen molar-refractivity contribution < 1.29 is 9.90 Å². The number of aryl methyl sites for hydroxylation is 1. The number of aliphatic hydroxyl groups is 1. The summed E-state index contributed by atoms with van der Waals surface area (Å²) >= 11 is 0. The number of aliphatic hydroxyl groups excluding tert-OH is 1. The van der Waals surface area contributed by atoms with Gasteiger partial charge in [-0.25, -0.2) is 4.98 Å². The third kappa shape index (κ3) is 7.24. The summed E-state index contributed by atoms with van der Waals surface area (Å²) in [6.07, 6.45) is 9.27. The molecule has 1 aliphatic carbocycles. The van der Waals surface area contributed by atoms with Gasteiger partial charge in [-0.3, -0.25) is 4.79 Å². The Morgan fingerprint density at radius 3 is 2.62 bits per heavy atom. The molecule has 1 amide bonds. The normalized spacial score (nSPS) is 18.1. The van der Waals surface area contributed by atoms with Crippen LogP contribution in [0.4, 0.5) is 5.82 Å². The Morgan fingerprint density at radius 2 is 2.00 bits per heavy atom. The molecule has 0 radical (unpaired) electrons. The number of nitrogens with zero attached hydrogens (tertiary/aromatic N) is 1. The summed E-state index contributed by atoms with van der Waals surface area (Å²) in [4.78, 5) is 17.0. The van der Waals surface area contributed by atoms with Crippen LogP contribution in [0.5, 0.6) is 0 Å². The summed E-state index contributed by atoms with van der Waals surface area (Å²) in [5, 5.41) is 19.9. The van der Waals surface area contributed by atoms with Crippen LogP contribution in [0.3, 0.4) is 0 Å². The molecule has 1 fully saturated rings. The van der Waals surface area contributed by atoms with Crippen LogP contribution in [0.15, 0.2) is 12.3 Å². The highest BCUT2D eigenvalue weighted by atomic mass is 16.3. The van der Waals surface area contributed by atoms with Crippen LogP contribution in [0.2, 0.25) is 0 Å². The SMILES string of the molecule is CCC(N)NC(=O)c1cc(C)cnc1NCC(CO)C(CC)NC1CCCCC1. The van der Waals surface area contributed by atoms with Gasteiger partial charge in [0, 0.05) is 37.4 Å². The van der Waals surface area contributed by atoms with E-state index in [1.807, 2.05) is 19.9 Å². The molecular formula is C22H39N5O2. The summed E-state index contributed by atoms with van der Waals surface area (Å²) < 4.78 is 0. The molecule has 7 heteroatoms. The van der Waals surface area contributed by atoms with Gasteiger partial charge in [-0.15, -0.1) is 0 Å². The molecule has 164 valence electrons. The number of hydrogen-bond acceptors (Lipinski definition) is 6. The Bertz CT molecular complexity index is 634. The fourth-order valence-corrected chi connectivity index (χ4v) is 3.95. The molecule has 1 aliphatic rings. The Morgan fingerprint density at radius 1 is 1.28 bits per heavy atom. The van der Waals surface area contributed by atoms with Crippen LogP contribution in [0.25, 0.3) is 0 Å². The number of nitrogens with one attached hydrogen (secondary N) is 3. The lowest BCUT2D eigenvalue weighted by atomic mass is 9.91. The molecule has 1 heterocycles. The third-order valence-corrected chi connectivity index (χ3v) is 5.86. The molecule has 0 aromatic carbocycles. The molecule has 2 rings (SSSR count). The van der Waals surface area contributed by atoms with E-state index in [2.05, 4.69) is 27.9 Å². The van der Waals surface area contributed by atoms with Crippen molar-refractivity contribution in [3.63, 3.8) is 0 Å². The highest BCUT2D eigenvalue weighted by molar-refractivity contribution is 5.99. The Hall–Kier alpha value is -1.70. The molecular weight excluding hydrogens is 366 g/mol. The number of nitrogens with two attached hydrogens (primary N) is 1. The number of amides is 1. The zero-order chi connectivity index (χ0) is 21.2. The summed E-state index contributed by atoms with van der Waals surface area (Å²) in [7, 11) is 0. The van der Waals surface area contributed by atoms with Gasteiger partial charge < -0.3 is 26.8 Å². The molecule has 0 aliphatic heterocycles. The smallest absolute Gasteiger partial charge is 0.256 e. The van der Waals surface area contributed by atoms with Gasteiger partial charge in [0.1, 0.15) is 5.82 Å². The zero-order valence-electron chi connectivity index (χ0n) is 18.2. The molecule has 3 atom stereocenters. The molecule has 0 spiro atoms. The molecule has 29 heavy (non-hydrogen) atoms. The van der Waals surface area contributed by atoms with E-state index in [0.717, 1.165) is 12.0 Å². The topological polar surface area (TPSA) is 112 Å². The number of carbonyl (C=O) groups excluding carboxylic acids is 1. The number of hydrogen-bond donors (Lipinski definition) is 5. The van der Waals surface area contributed by atoms with E-state index in [-0.39, 0.29) is 30.6 Å². The Kier molecular flexibility index (Phi) is 9.84. The molecule has 0 saturated heterocycles. The van der Waals surface area contributed by atoms with Gasteiger partial charge in [0.15, 0.2) is 0 Å². The first-order chi connectivity index (χ1) is 14.0. The summed E-state index contributed by atoms with van der Waals surface area (Å²) in [6.45, 7) is 6.61. The fourth-order valence-electron chi connectivity index (χ4n) is 3.95. The van der Waals surface area contributed by atoms with Crippen LogP contribution >= 0.6 is 0 Å². The highest BCUT2D eigenvalue weighted by Crippen LogP contribution is 2.21. The van der Waals surface area contributed by atoms with Gasteiger partial charge in [0.25, 0.3) is 5.91 Å². The average molecular weight is 406 g/mol. The fraction of sp³-hybridized carbons (Fsp3) is 0.727. The van der Waals surface area contributed by atoms with Crippen molar-refractivity contribution in [1.82, 2.24) is 15.6 Å². The summed E-state index contributed by atoms with van der Waals surface area (Å²) in [5.74, 6) is 0.340. The second kappa shape index (κ2) is 12.1. The van der Waals surface area contributed by atoms with Crippen LogP contribution in [-0.4, -0.2) is 47.4 Å². The largest absolute Gasteiger partial charge is 0.396 e. The molecule has 0 bridgehead atoms. The first-order valence-corrected chi connectivity index (χ1v) is 11.1. The van der Waals surface area contributed by atoms with Gasteiger partial charge in [-0.05, 0) is 44.2 Å². The maximum Gasteiger partial charge on any atom is 0.256 e. The van der Waals surface area contributed by atoms with E-state index in [1.54, 1.807) is 6.20 Å². The van der Waals surface area contributed by atoms with Crippen molar-refractivity contribution in [2.75, 3.05) is 18.5 Å². The van der Waals surface area contributed by atoms with Crippen LogP contribution in [-0.2, 0) is 0 Å². The van der Waals surface area contributed by atoms with E-state index in [4.69, 9.17) is 5.73 Å². The predicted molar refractivity (Wildman–Crippen MR) is 118 cm³/mol. The van der Waals surface area contributed by atoms with Gasteiger partial charge >= 0.3 is 0 Å². The van der Waals surface area contributed by atoms with Gasteiger partial charge in [0.2, 0.25) is 0 Å². The molecule has 3 unspecified atom stereocenters. The molecule has 1 saturated carbocycles. The maximum absolute atomic E-state index is 12.6. The minimum absolute atomic E-state index is 0.0406. The first-order valence-electron chi connectivity index (χ1n) is 11.1. The molecule has 1 aromatic rings. The average Bonchev–Trinajstić information content (AvgIpc) is 2.74. The van der Waals surface area contributed by atoms with E-state index < -0.39 is 0 Å². The molecule has 7 nitrogen and oxygen atoms in total. The van der Waals surface area contributed by atoms with E-state index >= 15 is 0 Å². The van der Waals surface area contributed by atoms with Crippen LogP contribution in [0.1, 0.15) is 74.7 Å². The van der Waals surface area contributed by atoms with Crippen molar-refractivity contribution >= 4 is 11.7 Å². The Balaban J connectivity index is 2.04. The van der Waals surface area contributed by atoms with Gasteiger partial charge in [0.05, 0.1) is 11.7 Å². The minimum Gasteiger partial charge on any atom is -0.396 e. The predicted octanol–water partition coefficient (Wildman–Crippen LogP) is 2.54. The van der Waals surface area contributed by atoms with Crippen molar-refractivity contribution in [3.05, 3.63) is 23.4 Å². The van der Waals surface area contributed by atoms with E-state index in [9.17, 15) is 9.90 Å². The second-order valence-electron chi connectivity index (χ2n) is 8.24. The van der Waals surface area contributed by atoms with Crippen molar-refractivity contribution in [3.8, 4) is 0 Å². The zero-order valence-corrected chi connectivity index (χ0v) is 18.2. The standard InChI is InChI=1S/C22H39N5O2/c1-4-19(26-17-9-7-6-8-10-17)16(14-28)13-25-21-18(11-15(3)12-24-21)22(29)27-20(23)5-2/h11-12,16-17,19-20,26,28H,4-10,13-14,23H2,1-3H3,(H,24,25)(H,27,29). The number of carbonyl (C=O) groups is 1. The highest BCUT2D eigenvalue weighted by Gasteiger charge is 2.24. The first kappa shape index (κ1) is 23.6. The van der Waals surface area contributed by atoms with Crippen molar-refractivity contribution in [1.29, 1.82) is 0 Å². The minimum atomic E-state index is -0.384. The molecule has 1 aromatic heterocycles. The number of pyridine rings is 1.